The van der Waals surface area contributed by atoms with Gasteiger partial charge < -0.3 is 15.3 Å². The molecule has 3 heteroatoms. The van der Waals surface area contributed by atoms with Gasteiger partial charge in [0.2, 0.25) is 0 Å². The van der Waals surface area contributed by atoms with E-state index in [2.05, 4.69) is 74.4 Å². The van der Waals surface area contributed by atoms with Crippen LogP contribution in [-0.2, 0) is 18.3 Å². The highest BCUT2D eigenvalue weighted by Crippen LogP contribution is 2.42. The van der Waals surface area contributed by atoms with Crippen molar-refractivity contribution in [1.82, 2.24) is 10.2 Å². The van der Waals surface area contributed by atoms with Crippen LogP contribution in [0, 0.1) is 0 Å². The van der Waals surface area contributed by atoms with E-state index in [1.165, 1.54) is 16.7 Å². The first-order valence-electron chi connectivity index (χ1n) is 10.8. The van der Waals surface area contributed by atoms with E-state index in [0.717, 1.165) is 38.8 Å². The number of aryl methyl sites for hydroxylation is 1. The smallest absolute Gasteiger partial charge is 0.115 e. The van der Waals surface area contributed by atoms with Crippen molar-refractivity contribution in [3.8, 4) is 5.75 Å². The van der Waals surface area contributed by atoms with Crippen molar-refractivity contribution >= 4 is 0 Å². The number of phenols is 1. The molecule has 2 N–H and O–H groups in total. The van der Waals surface area contributed by atoms with Crippen molar-refractivity contribution in [3.63, 3.8) is 0 Å². The number of nitrogens with zero attached hydrogens (tertiary/aromatic N) is 1. The number of rotatable bonds is 8. The second-order valence-corrected chi connectivity index (χ2v) is 8.48. The highest BCUT2D eigenvalue weighted by molar-refractivity contribution is 5.44. The number of aromatic hydroxyl groups is 1. The first-order chi connectivity index (χ1) is 13.5. The Labute approximate surface area is 170 Å². The Morgan fingerprint density at radius 1 is 1.14 bits per heavy atom. The van der Waals surface area contributed by atoms with Crippen LogP contribution in [0.25, 0.3) is 0 Å². The molecule has 0 saturated carbocycles. The third-order valence-corrected chi connectivity index (χ3v) is 6.86. The number of benzene rings is 2. The van der Waals surface area contributed by atoms with E-state index in [1.807, 2.05) is 12.1 Å². The standard InChI is InChI=1S/C25H36N2O/c1-5-25(3)22-18-21(28)15-14-20(22)17-23(27(4)6-2)24(25)26-16-10-13-19-11-8-7-9-12-19/h7-9,11-12,14-15,18,23-24,26,28H,5-6,10,13,16-17H2,1-4H3/t23?,24-,25-/m1/s1. The van der Waals surface area contributed by atoms with Crippen LogP contribution in [0.15, 0.2) is 48.5 Å². The maximum Gasteiger partial charge on any atom is 0.115 e. The molecule has 152 valence electrons. The molecule has 3 rings (SSSR count). The SMILES string of the molecule is CCN(C)C1Cc2ccc(O)cc2[C@@](C)(CC)[C@@H]1NCCCc1ccccc1. The van der Waals surface area contributed by atoms with Crippen molar-refractivity contribution in [2.24, 2.45) is 0 Å². The molecule has 2 aromatic rings. The van der Waals surface area contributed by atoms with E-state index in [1.54, 1.807) is 0 Å². The lowest BCUT2D eigenvalue weighted by molar-refractivity contribution is 0.129. The summed E-state index contributed by atoms with van der Waals surface area (Å²) >= 11 is 0. The number of phenolic OH excluding ortho intramolecular Hbond substituents is 1. The molecular weight excluding hydrogens is 344 g/mol. The van der Waals surface area contributed by atoms with Gasteiger partial charge in [0.05, 0.1) is 0 Å². The molecular formula is C25H36N2O. The minimum atomic E-state index is 0.00711. The van der Waals surface area contributed by atoms with Crippen molar-refractivity contribution in [3.05, 3.63) is 65.2 Å². The van der Waals surface area contributed by atoms with Crippen LogP contribution in [0.4, 0.5) is 0 Å². The highest BCUT2D eigenvalue weighted by atomic mass is 16.3. The zero-order valence-electron chi connectivity index (χ0n) is 17.9. The predicted octanol–water partition coefficient (Wildman–Crippen LogP) is 4.53. The third kappa shape index (κ3) is 4.26. The van der Waals surface area contributed by atoms with Gasteiger partial charge in [0, 0.05) is 17.5 Å². The molecule has 0 aliphatic heterocycles. The van der Waals surface area contributed by atoms with E-state index in [0.29, 0.717) is 17.8 Å². The largest absolute Gasteiger partial charge is 0.508 e. The van der Waals surface area contributed by atoms with Crippen LogP contribution in [0.1, 0.15) is 50.3 Å². The van der Waals surface area contributed by atoms with Crippen molar-refractivity contribution in [2.45, 2.75) is 64.0 Å². The summed E-state index contributed by atoms with van der Waals surface area (Å²) in [5.41, 5.74) is 4.11. The summed E-state index contributed by atoms with van der Waals surface area (Å²) in [5, 5.41) is 14.1. The molecule has 28 heavy (non-hydrogen) atoms. The Morgan fingerprint density at radius 3 is 2.57 bits per heavy atom. The normalized spacial score (nSPS) is 24.3. The summed E-state index contributed by atoms with van der Waals surface area (Å²) < 4.78 is 0. The minimum absolute atomic E-state index is 0.00711. The van der Waals surface area contributed by atoms with Crippen LogP contribution >= 0.6 is 0 Å². The Kier molecular flexibility index (Phi) is 6.79. The maximum atomic E-state index is 10.1. The summed E-state index contributed by atoms with van der Waals surface area (Å²) in [4.78, 5) is 2.48. The topological polar surface area (TPSA) is 35.5 Å². The molecule has 0 saturated heterocycles. The summed E-state index contributed by atoms with van der Waals surface area (Å²) in [6, 6.07) is 17.5. The molecule has 2 aromatic carbocycles. The van der Waals surface area contributed by atoms with E-state index in [-0.39, 0.29) is 5.41 Å². The van der Waals surface area contributed by atoms with E-state index in [4.69, 9.17) is 0 Å². The van der Waals surface area contributed by atoms with Gasteiger partial charge in [-0.1, -0.05) is 57.2 Å². The van der Waals surface area contributed by atoms with Gasteiger partial charge in [-0.15, -0.1) is 0 Å². The fourth-order valence-electron chi connectivity index (χ4n) is 4.82. The molecule has 0 spiro atoms. The molecule has 0 radical (unpaired) electrons. The van der Waals surface area contributed by atoms with E-state index < -0.39 is 0 Å². The second kappa shape index (κ2) is 9.11. The molecule has 1 aliphatic rings. The number of nitrogens with one attached hydrogen (secondary N) is 1. The number of likely N-dealkylation sites (N-methyl/N-ethyl adjacent to an activating group) is 1. The van der Waals surface area contributed by atoms with Crippen LogP contribution in [0.2, 0.25) is 0 Å². The van der Waals surface area contributed by atoms with Gasteiger partial charge in [-0.3, -0.25) is 0 Å². The molecule has 0 amide bonds. The minimum Gasteiger partial charge on any atom is -0.508 e. The van der Waals surface area contributed by atoms with Crippen LogP contribution in [0.5, 0.6) is 5.75 Å². The molecule has 0 aromatic heterocycles. The lowest BCUT2D eigenvalue weighted by atomic mass is 9.64. The van der Waals surface area contributed by atoms with Gasteiger partial charge in [0.25, 0.3) is 0 Å². The average molecular weight is 381 g/mol. The second-order valence-electron chi connectivity index (χ2n) is 8.48. The fraction of sp³-hybridized carbons (Fsp3) is 0.520. The molecule has 0 heterocycles. The summed E-state index contributed by atoms with van der Waals surface area (Å²) in [6.45, 7) is 8.94. The Bertz CT molecular complexity index is 760. The third-order valence-electron chi connectivity index (χ3n) is 6.86. The summed E-state index contributed by atoms with van der Waals surface area (Å²) in [6.07, 6.45) is 4.32. The van der Waals surface area contributed by atoms with Crippen LogP contribution < -0.4 is 5.32 Å². The van der Waals surface area contributed by atoms with Gasteiger partial charge in [-0.05, 0) is 74.6 Å². The maximum absolute atomic E-state index is 10.1. The molecule has 1 unspecified atom stereocenters. The predicted molar refractivity (Wildman–Crippen MR) is 118 cm³/mol. The van der Waals surface area contributed by atoms with E-state index in [9.17, 15) is 5.11 Å². The van der Waals surface area contributed by atoms with E-state index >= 15 is 0 Å². The Hall–Kier alpha value is -1.84. The van der Waals surface area contributed by atoms with Gasteiger partial charge >= 0.3 is 0 Å². The fourth-order valence-corrected chi connectivity index (χ4v) is 4.82. The van der Waals surface area contributed by atoms with Gasteiger partial charge in [0.1, 0.15) is 5.75 Å². The Morgan fingerprint density at radius 2 is 1.89 bits per heavy atom. The van der Waals surface area contributed by atoms with Crippen molar-refractivity contribution < 1.29 is 5.11 Å². The lowest BCUT2D eigenvalue weighted by Gasteiger charge is -2.50. The van der Waals surface area contributed by atoms with Crippen LogP contribution in [0.3, 0.4) is 0 Å². The molecule has 0 fully saturated rings. The monoisotopic (exact) mass is 380 g/mol. The highest BCUT2D eigenvalue weighted by Gasteiger charge is 2.45. The van der Waals surface area contributed by atoms with Crippen molar-refractivity contribution in [1.29, 1.82) is 0 Å². The first kappa shape index (κ1) is 20.9. The molecule has 3 nitrogen and oxygen atoms in total. The molecule has 0 bridgehead atoms. The zero-order chi connectivity index (χ0) is 20.1. The Balaban J connectivity index is 1.80. The molecule has 1 aliphatic carbocycles. The number of hydrogen-bond acceptors (Lipinski definition) is 3. The van der Waals surface area contributed by atoms with Crippen molar-refractivity contribution in [2.75, 3.05) is 20.1 Å². The first-order valence-corrected chi connectivity index (χ1v) is 10.8. The number of hydrogen-bond donors (Lipinski definition) is 2. The lowest BCUT2D eigenvalue weighted by Crippen LogP contribution is -2.62. The van der Waals surface area contributed by atoms with Gasteiger partial charge in [0.15, 0.2) is 0 Å². The van der Waals surface area contributed by atoms with Gasteiger partial charge in [-0.2, -0.15) is 0 Å². The van der Waals surface area contributed by atoms with Crippen LogP contribution in [-0.4, -0.2) is 42.2 Å². The van der Waals surface area contributed by atoms with Gasteiger partial charge in [-0.25, -0.2) is 0 Å². The number of fused-ring (bicyclic) bond motifs is 1. The quantitative estimate of drug-likeness (QED) is 0.661. The summed E-state index contributed by atoms with van der Waals surface area (Å²) in [5.74, 6) is 0.378. The summed E-state index contributed by atoms with van der Waals surface area (Å²) in [7, 11) is 2.24. The molecule has 3 atom stereocenters. The zero-order valence-corrected chi connectivity index (χ0v) is 17.9. The average Bonchev–Trinajstić information content (AvgIpc) is 2.72.